The molecule has 1 amide bonds. The summed E-state index contributed by atoms with van der Waals surface area (Å²) in [4.78, 5) is 20.4. The van der Waals surface area contributed by atoms with Gasteiger partial charge in [0.2, 0.25) is 6.41 Å². The number of unbranched alkanes of at least 4 members (excludes halogenated alkanes) is 7. The molecule has 4 heteroatoms. The lowest BCUT2D eigenvalue weighted by atomic mass is 9.96. The van der Waals surface area contributed by atoms with Crippen LogP contribution < -0.4 is 5.32 Å². The van der Waals surface area contributed by atoms with Gasteiger partial charge in [-0.3, -0.25) is 4.79 Å². The average Bonchev–Trinajstić information content (AvgIpc) is 2.25. The molecule has 0 rings (SSSR count). The molecular formula is C12H22BNO2. The van der Waals surface area contributed by atoms with Crippen molar-refractivity contribution < 1.29 is 9.59 Å². The third-order valence-electron chi connectivity index (χ3n) is 2.58. The highest BCUT2D eigenvalue weighted by molar-refractivity contribution is 6.57. The summed E-state index contributed by atoms with van der Waals surface area (Å²) in [7, 11) is 5.04. The highest BCUT2D eigenvalue weighted by Crippen LogP contribution is 2.09. The lowest BCUT2D eigenvalue weighted by Crippen LogP contribution is -2.11. The minimum Gasteiger partial charge on any atom is -0.359 e. The molecule has 16 heavy (non-hydrogen) atoms. The number of hydrogen-bond donors (Lipinski definition) is 1. The Labute approximate surface area is 99.8 Å². The quantitative estimate of drug-likeness (QED) is 0.312. The SMILES string of the molecule is [B]C(=O)CCCCCCCCCCNC=O. The molecule has 0 aliphatic carbocycles. The zero-order valence-corrected chi connectivity index (χ0v) is 10.0. The molecule has 3 nitrogen and oxygen atoms in total. The van der Waals surface area contributed by atoms with Crippen LogP contribution in [-0.4, -0.2) is 26.5 Å². The van der Waals surface area contributed by atoms with E-state index < -0.39 is 0 Å². The number of amides is 1. The topological polar surface area (TPSA) is 46.2 Å². The van der Waals surface area contributed by atoms with Gasteiger partial charge in [0, 0.05) is 6.54 Å². The Morgan fingerprint density at radius 2 is 1.44 bits per heavy atom. The van der Waals surface area contributed by atoms with Crippen molar-refractivity contribution in [3.05, 3.63) is 0 Å². The van der Waals surface area contributed by atoms with Crippen LogP contribution in [0.5, 0.6) is 0 Å². The summed E-state index contributed by atoms with van der Waals surface area (Å²) in [6.07, 6.45) is 10.5. The van der Waals surface area contributed by atoms with Crippen molar-refractivity contribution in [3.8, 4) is 0 Å². The van der Waals surface area contributed by atoms with Crippen molar-refractivity contribution >= 4 is 19.9 Å². The molecule has 0 unspecified atom stereocenters. The van der Waals surface area contributed by atoms with Crippen LogP contribution in [0.1, 0.15) is 57.8 Å². The van der Waals surface area contributed by atoms with Gasteiger partial charge in [-0.1, -0.05) is 38.5 Å². The van der Waals surface area contributed by atoms with Gasteiger partial charge in [0.1, 0.15) is 0 Å². The number of nitrogens with one attached hydrogen (secondary N) is 1. The molecule has 0 bridgehead atoms. The van der Waals surface area contributed by atoms with Crippen LogP contribution in [0.3, 0.4) is 0 Å². The lowest BCUT2D eigenvalue weighted by molar-refractivity contribution is -0.112. The molecule has 0 heterocycles. The smallest absolute Gasteiger partial charge is 0.207 e. The first-order valence-corrected chi connectivity index (χ1v) is 6.22. The Hall–Kier alpha value is -0.795. The van der Waals surface area contributed by atoms with Crippen LogP contribution in [0.2, 0.25) is 0 Å². The fourth-order valence-corrected chi connectivity index (χ4v) is 1.65. The van der Waals surface area contributed by atoms with E-state index in [1.165, 1.54) is 32.1 Å². The summed E-state index contributed by atoms with van der Waals surface area (Å²) < 4.78 is 0. The highest BCUT2D eigenvalue weighted by Gasteiger charge is 1.94. The van der Waals surface area contributed by atoms with Gasteiger partial charge in [-0.05, 0) is 19.3 Å². The van der Waals surface area contributed by atoms with Gasteiger partial charge in [-0.15, -0.1) is 0 Å². The molecule has 0 aromatic carbocycles. The second kappa shape index (κ2) is 12.3. The summed E-state index contributed by atoms with van der Waals surface area (Å²) >= 11 is 0. The van der Waals surface area contributed by atoms with Crippen LogP contribution in [0.4, 0.5) is 0 Å². The predicted octanol–water partition coefficient (Wildman–Crippen LogP) is 1.94. The summed E-state index contributed by atoms with van der Waals surface area (Å²) in [6, 6.07) is 0. The highest BCUT2D eigenvalue weighted by atomic mass is 16.1. The first-order valence-electron chi connectivity index (χ1n) is 6.22. The van der Waals surface area contributed by atoms with E-state index in [-0.39, 0.29) is 5.68 Å². The Balaban J connectivity index is 2.93. The fraction of sp³-hybridized carbons (Fsp3) is 0.833. The van der Waals surface area contributed by atoms with Gasteiger partial charge in [0.25, 0.3) is 0 Å². The van der Waals surface area contributed by atoms with Crippen molar-refractivity contribution in [2.24, 2.45) is 0 Å². The number of carbonyl (C=O) groups excluding carboxylic acids is 2. The van der Waals surface area contributed by atoms with Crippen LogP contribution >= 0.6 is 0 Å². The van der Waals surface area contributed by atoms with Crippen molar-refractivity contribution in [1.29, 1.82) is 0 Å². The minimum absolute atomic E-state index is 0.192. The first kappa shape index (κ1) is 15.2. The maximum Gasteiger partial charge on any atom is 0.207 e. The van der Waals surface area contributed by atoms with E-state index in [0.717, 1.165) is 32.2 Å². The first-order chi connectivity index (χ1) is 7.77. The number of hydrogen-bond acceptors (Lipinski definition) is 2. The Morgan fingerprint density at radius 1 is 0.938 bits per heavy atom. The summed E-state index contributed by atoms with van der Waals surface area (Å²) in [6.45, 7) is 0.794. The normalized spacial score (nSPS) is 10.0. The molecule has 0 saturated heterocycles. The van der Waals surface area contributed by atoms with E-state index in [2.05, 4.69) is 5.32 Å². The Bertz CT molecular complexity index is 186. The molecule has 0 spiro atoms. The third kappa shape index (κ3) is 13.2. The zero-order valence-electron chi connectivity index (χ0n) is 10.0. The van der Waals surface area contributed by atoms with Crippen LogP contribution in [0.15, 0.2) is 0 Å². The zero-order chi connectivity index (χ0) is 12.1. The standard InChI is InChI=1S/C12H22BNO2/c13-12(16)9-7-5-3-1-2-4-6-8-10-14-11-15/h11H,1-10H2,(H,14,15). The van der Waals surface area contributed by atoms with Gasteiger partial charge >= 0.3 is 0 Å². The van der Waals surface area contributed by atoms with Gasteiger partial charge in [-0.2, -0.15) is 0 Å². The van der Waals surface area contributed by atoms with E-state index in [1.807, 2.05) is 0 Å². The average molecular weight is 223 g/mol. The van der Waals surface area contributed by atoms with E-state index in [4.69, 9.17) is 7.85 Å². The number of carbonyl (C=O) groups is 2. The second-order valence-corrected chi connectivity index (χ2v) is 4.12. The summed E-state index contributed by atoms with van der Waals surface area (Å²) in [5.41, 5.74) is -0.192. The lowest BCUT2D eigenvalue weighted by Gasteiger charge is -2.01. The van der Waals surface area contributed by atoms with Gasteiger partial charge in [-0.25, -0.2) is 0 Å². The van der Waals surface area contributed by atoms with Crippen molar-refractivity contribution in [2.45, 2.75) is 57.8 Å². The van der Waals surface area contributed by atoms with E-state index in [1.54, 1.807) is 0 Å². The Morgan fingerprint density at radius 3 is 1.94 bits per heavy atom. The van der Waals surface area contributed by atoms with Crippen LogP contribution in [0.25, 0.3) is 0 Å². The van der Waals surface area contributed by atoms with E-state index >= 15 is 0 Å². The monoisotopic (exact) mass is 223 g/mol. The molecule has 0 aliphatic heterocycles. The van der Waals surface area contributed by atoms with Gasteiger partial charge in [0.05, 0.1) is 5.68 Å². The molecule has 0 aromatic rings. The molecule has 0 fully saturated rings. The largest absolute Gasteiger partial charge is 0.359 e. The third-order valence-corrected chi connectivity index (χ3v) is 2.58. The maximum atomic E-state index is 10.5. The number of rotatable bonds is 12. The molecule has 2 radical (unpaired) electrons. The summed E-state index contributed by atoms with van der Waals surface area (Å²) in [5, 5.41) is 2.65. The molecule has 90 valence electrons. The van der Waals surface area contributed by atoms with E-state index in [9.17, 15) is 9.59 Å². The molecule has 1 N–H and O–H groups in total. The van der Waals surface area contributed by atoms with Crippen molar-refractivity contribution in [3.63, 3.8) is 0 Å². The molecule has 0 atom stereocenters. The maximum absolute atomic E-state index is 10.5. The fourth-order valence-electron chi connectivity index (χ4n) is 1.65. The molecule has 0 aliphatic rings. The van der Waals surface area contributed by atoms with E-state index in [0.29, 0.717) is 6.42 Å². The van der Waals surface area contributed by atoms with Gasteiger partial charge < -0.3 is 10.1 Å². The molecule has 0 aromatic heterocycles. The predicted molar refractivity (Wildman–Crippen MR) is 66.4 cm³/mol. The second-order valence-electron chi connectivity index (χ2n) is 4.12. The molecule has 0 saturated carbocycles. The van der Waals surface area contributed by atoms with Crippen molar-refractivity contribution in [2.75, 3.05) is 6.54 Å². The minimum atomic E-state index is -0.192. The van der Waals surface area contributed by atoms with Crippen LogP contribution in [-0.2, 0) is 9.59 Å². The van der Waals surface area contributed by atoms with Crippen LogP contribution in [0, 0.1) is 0 Å². The molecular weight excluding hydrogens is 201 g/mol. The van der Waals surface area contributed by atoms with Gasteiger partial charge in [0.15, 0.2) is 7.85 Å². The summed E-state index contributed by atoms with van der Waals surface area (Å²) in [5.74, 6) is 0. The van der Waals surface area contributed by atoms with Crippen molar-refractivity contribution in [1.82, 2.24) is 5.32 Å². The Kier molecular flexibility index (Phi) is 11.7.